The first-order chi connectivity index (χ1) is 14.9. The summed E-state index contributed by atoms with van der Waals surface area (Å²) in [5.74, 6) is 0.229. The molecule has 3 N–H and O–H groups in total. The molecule has 1 aliphatic carbocycles. The van der Waals surface area contributed by atoms with Crippen LogP contribution in [0.5, 0.6) is 5.75 Å². The Morgan fingerprint density at radius 3 is 2.32 bits per heavy atom. The summed E-state index contributed by atoms with van der Waals surface area (Å²) in [6.45, 7) is 3.88. The number of hydrogen-bond donors (Lipinski definition) is 3. The Hall–Kier alpha value is -2.93. The third-order valence-corrected chi connectivity index (χ3v) is 5.28. The van der Waals surface area contributed by atoms with Crippen molar-refractivity contribution >= 4 is 34.8 Å². The van der Waals surface area contributed by atoms with Crippen molar-refractivity contribution in [3.63, 3.8) is 0 Å². The van der Waals surface area contributed by atoms with E-state index < -0.39 is 0 Å². The standard InChI is InChI=1S/C24H29N3O3S/c1-16(2)30-19-14-12-17(13-15-19)22(28)27-24(31)26-21-11-7-6-10-20(21)23(29)25-18-8-4-3-5-9-18/h6-7,10-16,18H,3-5,8-9H2,1-2H3,(H,25,29)(H2,26,27,28,31). The van der Waals surface area contributed by atoms with E-state index in [1.165, 1.54) is 6.42 Å². The highest BCUT2D eigenvalue weighted by Gasteiger charge is 2.19. The minimum absolute atomic E-state index is 0.0619. The van der Waals surface area contributed by atoms with Gasteiger partial charge in [0.2, 0.25) is 0 Å². The van der Waals surface area contributed by atoms with Crippen molar-refractivity contribution in [3.8, 4) is 5.75 Å². The molecule has 0 spiro atoms. The SMILES string of the molecule is CC(C)Oc1ccc(C(=O)NC(=S)Nc2ccccc2C(=O)NC2CCCCC2)cc1. The van der Waals surface area contributed by atoms with Crippen molar-refractivity contribution in [1.29, 1.82) is 0 Å². The molecule has 6 nitrogen and oxygen atoms in total. The molecule has 0 unspecified atom stereocenters. The molecule has 2 amide bonds. The number of amides is 2. The molecule has 2 aromatic rings. The predicted molar refractivity (Wildman–Crippen MR) is 127 cm³/mol. The summed E-state index contributed by atoms with van der Waals surface area (Å²) in [7, 11) is 0. The zero-order valence-electron chi connectivity index (χ0n) is 17.9. The number of benzene rings is 2. The smallest absolute Gasteiger partial charge is 0.257 e. The maximum Gasteiger partial charge on any atom is 0.257 e. The highest BCUT2D eigenvalue weighted by atomic mass is 32.1. The van der Waals surface area contributed by atoms with Crippen molar-refractivity contribution in [1.82, 2.24) is 10.6 Å². The lowest BCUT2D eigenvalue weighted by molar-refractivity contribution is 0.0927. The second-order valence-corrected chi connectivity index (χ2v) is 8.36. The van der Waals surface area contributed by atoms with E-state index in [0.29, 0.717) is 22.6 Å². The van der Waals surface area contributed by atoms with E-state index in [2.05, 4.69) is 16.0 Å². The summed E-state index contributed by atoms with van der Waals surface area (Å²) in [5.41, 5.74) is 1.52. The van der Waals surface area contributed by atoms with Crippen LogP contribution in [0.25, 0.3) is 0 Å². The highest BCUT2D eigenvalue weighted by Crippen LogP contribution is 2.20. The van der Waals surface area contributed by atoms with Gasteiger partial charge in [0.25, 0.3) is 11.8 Å². The normalized spacial score (nSPS) is 14.0. The van der Waals surface area contributed by atoms with Gasteiger partial charge in [0.05, 0.1) is 17.4 Å². The van der Waals surface area contributed by atoms with E-state index in [1.807, 2.05) is 26.0 Å². The zero-order valence-corrected chi connectivity index (χ0v) is 18.8. The van der Waals surface area contributed by atoms with E-state index in [4.69, 9.17) is 17.0 Å². The number of hydrogen-bond acceptors (Lipinski definition) is 4. The van der Waals surface area contributed by atoms with E-state index in [0.717, 1.165) is 25.7 Å². The Bertz CT molecular complexity index is 922. The van der Waals surface area contributed by atoms with Crippen molar-refractivity contribution in [3.05, 3.63) is 59.7 Å². The lowest BCUT2D eigenvalue weighted by Gasteiger charge is -2.23. The molecule has 7 heteroatoms. The Kier molecular flexibility index (Phi) is 8.00. The molecule has 0 aromatic heterocycles. The van der Waals surface area contributed by atoms with Crippen molar-refractivity contribution in [2.24, 2.45) is 0 Å². The fourth-order valence-electron chi connectivity index (χ4n) is 3.59. The van der Waals surface area contributed by atoms with Gasteiger partial charge in [0.1, 0.15) is 5.75 Å². The molecular formula is C24H29N3O3S. The van der Waals surface area contributed by atoms with Crippen LogP contribution in [0, 0.1) is 0 Å². The van der Waals surface area contributed by atoms with Gasteiger partial charge in [0.15, 0.2) is 5.11 Å². The molecule has 0 aliphatic heterocycles. The lowest BCUT2D eigenvalue weighted by Crippen LogP contribution is -2.37. The third kappa shape index (κ3) is 6.79. The van der Waals surface area contributed by atoms with Gasteiger partial charge in [-0.25, -0.2) is 0 Å². The van der Waals surface area contributed by atoms with Gasteiger partial charge in [-0.3, -0.25) is 14.9 Å². The van der Waals surface area contributed by atoms with Crippen LogP contribution in [0.1, 0.15) is 66.7 Å². The maximum absolute atomic E-state index is 12.8. The zero-order chi connectivity index (χ0) is 22.2. The van der Waals surface area contributed by atoms with Gasteiger partial charge in [-0.2, -0.15) is 0 Å². The van der Waals surface area contributed by atoms with Crippen LogP contribution in [0.15, 0.2) is 48.5 Å². The molecular weight excluding hydrogens is 410 g/mol. The summed E-state index contributed by atoms with van der Waals surface area (Å²) in [4.78, 5) is 25.3. The minimum atomic E-state index is -0.335. The second kappa shape index (κ2) is 10.9. The molecule has 1 fully saturated rings. The molecule has 3 rings (SSSR count). The predicted octanol–water partition coefficient (Wildman–Crippen LogP) is 4.66. The monoisotopic (exact) mass is 439 g/mol. The lowest BCUT2D eigenvalue weighted by atomic mass is 9.95. The number of rotatable bonds is 6. The molecule has 0 atom stereocenters. The van der Waals surface area contributed by atoms with E-state index in [1.54, 1.807) is 36.4 Å². The Morgan fingerprint density at radius 2 is 1.65 bits per heavy atom. The Morgan fingerprint density at radius 1 is 0.968 bits per heavy atom. The van der Waals surface area contributed by atoms with Crippen LogP contribution in [0.3, 0.4) is 0 Å². The molecule has 1 aliphatic rings. The summed E-state index contributed by atoms with van der Waals surface area (Å²) < 4.78 is 5.59. The van der Waals surface area contributed by atoms with Gasteiger partial charge in [-0.15, -0.1) is 0 Å². The van der Waals surface area contributed by atoms with Crippen LogP contribution >= 0.6 is 12.2 Å². The summed E-state index contributed by atoms with van der Waals surface area (Å²) in [5, 5.41) is 8.88. The van der Waals surface area contributed by atoms with Gasteiger partial charge >= 0.3 is 0 Å². The first-order valence-corrected chi connectivity index (χ1v) is 11.1. The van der Waals surface area contributed by atoms with Crippen LogP contribution in [-0.2, 0) is 0 Å². The van der Waals surface area contributed by atoms with E-state index in [-0.39, 0.29) is 29.1 Å². The largest absolute Gasteiger partial charge is 0.491 e. The molecule has 31 heavy (non-hydrogen) atoms. The molecule has 164 valence electrons. The number of anilines is 1. The van der Waals surface area contributed by atoms with Gasteiger partial charge in [-0.05, 0) is 75.3 Å². The number of para-hydroxylation sites is 1. The van der Waals surface area contributed by atoms with Crippen LogP contribution in [0.4, 0.5) is 5.69 Å². The first-order valence-electron chi connectivity index (χ1n) is 10.7. The topological polar surface area (TPSA) is 79.5 Å². The first kappa shape index (κ1) is 22.7. The quantitative estimate of drug-likeness (QED) is 0.571. The van der Waals surface area contributed by atoms with Crippen LogP contribution in [-0.4, -0.2) is 29.1 Å². The fourth-order valence-corrected chi connectivity index (χ4v) is 3.79. The van der Waals surface area contributed by atoms with E-state index >= 15 is 0 Å². The molecule has 0 heterocycles. The average molecular weight is 440 g/mol. The molecule has 2 aromatic carbocycles. The van der Waals surface area contributed by atoms with Crippen LogP contribution < -0.4 is 20.7 Å². The number of carbonyl (C=O) groups excluding carboxylic acids is 2. The average Bonchev–Trinajstić information content (AvgIpc) is 2.74. The fraction of sp³-hybridized carbons (Fsp3) is 0.375. The second-order valence-electron chi connectivity index (χ2n) is 7.95. The van der Waals surface area contributed by atoms with Gasteiger partial charge in [0, 0.05) is 11.6 Å². The van der Waals surface area contributed by atoms with Crippen molar-refractivity contribution in [2.75, 3.05) is 5.32 Å². The molecule has 0 saturated heterocycles. The van der Waals surface area contributed by atoms with Crippen LogP contribution in [0.2, 0.25) is 0 Å². The third-order valence-electron chi connectivity index (χ3n) is 5.08. The molecule has 1 saturated carbocycles. The van der Waals surface area contributed by atoms with Gasteiger partial charge in [-0.1, -0.05) is 31.4 Å². The number of nitrogens with one attached hydrogen (secondary N) is 3. The summed E-state index contributed by atoms with van der Waals surface area (Å²) >= 11 is 5.30. The Labute approximate surface area is 188 Å². The summed E-state index contributed by atoms with van der Waals surface area (Å²) in [6, 6.07) is 14.2. The highest BCUT2D eigenvalue weighted by molar-refractivity contribution is 7.80. The maximum atomic E-state index is 12.8. The number of carbonyl (C=O) groups is 2. The number of ether oxygens (including phenoxy) is 1. The summed E-state index contributed by atoms with van der Waals surface area (Å²) in [6.07, 6.45) is 5.60. The van der Waals surface area contributed by atoms with E-state index in [9.17, 15) is 9.59 Å². The van der Waals surface area contributed by atoms with Crippen molar-refractivity contribution in [2.45, 2.75) is 58.1 Å². The minimum Gasteiger partial charge on any atom is -0.491 e. The van der Waals surface area contributed by atoms with Gasteiger partial charge < -0.3 is 15.4 Å². The Balaban J connectivity index is 1.60. The molecule has 0 radical (unpaired) electrons. The molecule has 0 bridgehead atoms. The number of thiocarbonyl (C=S) groups is 1. The van der Waals surface area contributed by atoms with Crippen molar-refractivity contribution < 1.29 is 14.3 Å².